The molecule has 3 aromatic carbocycles. The number of hydrogen-bond acceptors (Lipinski definition) is 5. The summed E-state index contributed by atoms with van der Waals surface area (Å²) in [6.07, 6.45) is 0.473. The van der Waals surface area contributed by atoms with Crippen molar-refractivity contribution < 1.29 is 4.74 Å². The van der Waals surface area contributed by atoms with E-state index in [0.717, 1.165) is 22.6 Å². The summed E-state index contributed by atoms with van der Waals surface area (Å²) in [5.41, 5.74) is 11.1. The van der Waals surface area contributed by atoms with Gasteiger partial charge in [-0.2, -0.15) is 0 Å². The van der Waals surface area contributed by atoms with Gasteiger partial charge < -0.3 is 20.8 Å². The van der Waals surface area contributed by atoms with Crippen LogP contribution in [-0.4, -0.2) is 17.1 Å². The number of nitrogen functional groups attached to an aromatic ring is 1. The number of benzene rings is 3. The second-order valence-corrected chi connectivity index (χ2v) is 6.80. The van der Waals surface area contributed by atoms with Crippen LogP contribution in [0.5, 0.6) is 5.75 Å². The fourth-order valence-corrected chi connectivity index (χ4v) is 3.29. The van der Waals surface area contributed by atoms with Crippen molar-refractivity contribution in [2.45, 2.75) is 13.0 Å². The van der Waals surface area contributed by atoms with Gasteiger partial charge in [-0.05, 0) is 23.8 Å². The Bertz CT molecular complexity index is 1200. The molecule has 0 saturated carbocycles. The highest BCUT2D eigenvalue weighted by Gasteiger charge is 2.10. The Hall–Kier alpha value is -3.80. The van der Waals surface area contributed by atoms with Gasteiger partial charge in [-0.25, -0.2) is 4.98 Å². The first kappa shape index (κ1) is 18.6. The Kier molecular flexibility index (Phi) is 5.16. The van der Waals surface area contributed by atoms with Gasteiger partial charge in [-0.1, -0.05) is 48.5 Å². The van der Waals surface area contributed by atoms with E-state index in [-0.39, 0.29) is 5.56 Å². The molecule has 4 aromatic rings. The summed E-state index contributed by atoms with van der Waals surface area (Å²) in [6, 6.07) is 21.2. The number of rotatable bonds is 6. The van der Waals surface area contributed by atoms with Crippen LogP contribution >= 0.6 is 0 Å². The van der Waals surface area contributed by atoms with Crippen molar-refractivity contribution >= 4 is 22.4 Å². The zero-order valence-electron chi connectivity index (χ0n) is 16.1. The van der Waals surface area contributed by atoms with Gasteiger partial charge in [0.15, 0.2) is 0 Å². The third kappa shape index (κ3) is 4.06. The molecule has 0 unspecified atom stereocenters. The van der Waals surface area contributed by atoms with Crippen LogP contribution in [0, 0.1) is 0 Å². The van der Waals surface area contributed by atoms with E-state index in [1.54, 1.807) is 13.2 Å². The first-order chi connectivity index (χ1) is 14.1. The fraction of sp³-hybridized carbons (Fsp3) is 0.130. The van der Waals surface area contributed by atoms with Crippen molar-refractivity contribution in [1.29, 1.82) is 0 Å². The third-order valence-corrected chi connectivity index (χ3v) is 4.81. The summed E-state index contributed by atoms with van der Waals surface area (Å²) in [6.45, 7) is 0.556. The van der Waals surface area contributed by atoms with Crippen LogP contribution in [0.15, 0.2) is 71.5 Å². The van der Waals surface area contributed by atoms with Crippen LogP contribution in [0.3, 0.4) is 0 Å². The SMILES string of the molecule is COc1ccccc1CNc1cc2nc(Cc3ccccc3)c(=O)[nH]c2cc1N. The van der Waals surface area contributed by atoms with Gasteiger partial charge in [-0.15, -0.1) is 0 Å². The second-order valence-electron chi connectivity index (χ2n) is 6.80. The smallest absolute Gasteiger partial charge is 0.270 e. The number of nitrogens with two attached hydrogens (primary N) is 1. The third-order valence-electron chi connectivity index (χ3n) is 4.81. The Balaban J connectivity index is 1.64. The van der Waals surface area contributed by atoms with Gasteiger partial charge in [0.1, 0.15) is 11.4 Å². The highest BCUT2D eigenvalue weighted by molar-refractivity contribution is 5.86. The van der Waals surface area contributed by atoms with Crippen LogP contribution in [0.25, 0.3) is 11.0 Å². The largest absolute Gasteiger partial charge is 0.496 e. The number of methoxy groups -OCH3 is 1. The summed E-state index contributed by atoms with van der Waals surface area (Å²) in [5, 5.41) is 3.34. The second kappa shape index (κ2) is 8.06. The lowest BCUT2D eigenvalue weighted by Gasteiger charge is -2.13. The van der Waals surface area contributed by atoms with E-state index in [2.05, 4.69) is 15.3 Å². The van der Waals surface area contributed by atoms with Gasteiger partial charge in [0, 0.05) is 18.5 Å². The number of aromatic amines is 1. The average Bonchev–Trinajstić information content (AvgIpc) is 2.74. The van der Waals surface area contributed by atoms with E-state index in [9.17, 15) is 4.79 Å². The van der Waals surface area contributed by atoms with Crippen molar-refractivity contribution in [3.05, 3.63) is 93.9 Å². The number of H-pyrrole nitrogens is 1. The van der Waals surface area contributed by atoms with Gasteiger partial charge in [0.05, 0.1) is 29.5 Å². The minimum Gasteiger partial charge on any atom is -0.496 e. The van der Waals surface area contributed by atoms with E-state index >= 15 is 0 Å². The molecule has 0 aliphatic heterocycles. The van der Waals surface area contributed by atoms with Gasteiger partial charge in [-0.3, -0.25) is 4.79 Å². The number of hydrogen-bond donors (Lipinski definition) is 3. The molecule has 146 valence electrons. The first-order valence-electron chi connectivity index (χ1n) is 9.36. The Morgan fingerprint density at radius 1 is 1.07 bits per heavy atom. The maximum Gasteiger partial charge on any atom is 0.270 e. The molecule has 1 aromatic heterocycles. The molecule has 0 fully saturated rings. The highest BCUT2D eigenvalue weighted by Crippen LogP contribution is 2.26. The molecular formula is C23H22N4O2. The summed E-state index contributed by atoms with van der Waals surface area (Å²) in [7, 11) is 1.65. The first-order valence-corrected chi connectivity index (χ1v) is 9.36. The predicted molar refractivity (Wildman–Crippen MR) is 116 cm³/mol. The van der Waals surface area contributed by atoms with E-state index in [1.165, 1.54) is 0 Å². The number of para-hydroxylation sites is 1. The van der Waals surface area contributed by atoms with Crippen molar-refractivity contribution in [3.8, 4) is 5.75 Å². The Morgan fingerprint density at radius 3 is 2.62 bits per heavy atom. The number of fused-ring (bicyclic) bond motifs is 1. The maximum atomic E-state index is 12.4. The van der Waals surface area contributed by atoms with Crippen LogP contribution < -0.4 is 21.3 Å². The van der Waals surface area contributed by atoms with E-state index in [4.69, 9.17) is 10.5 Å². The molecule has 0 aliphatic rings. The van der Waals surface area contributed by atoms with E-state index in [1.807, 2.05) is 60.7 Å². The highest BCUT2D eigenvalue weighted by atomic mass is 16.5. The number of aromatic nitrogens is 2. The molecule has 6 nitrogen and oxygen atoms in total. The van der Waals surface area contributed by atoms with Crippen molar-refractivity contribution in [1.82, 2.24) is 9.97 Å². The van der Waals surface area contributed by atoms with Crippen molar-refractivity contribution in [2.75, 3.05) is 18.2 Å². The summed E-state index contributed by atoms with van der Waals surface area (Å²) in [4.78, 5) is 19.9. The molecule has 4 N–H and O–H groups in total. The number of ether oxygens (including phenoxy) is 1. The Morgan fingerprint density at radius 2 is 1.83 bits per heavy atom. The number of nitrogens with zero attached hydrogens (tertiary/aromatic N) is 1. The molecule has 6 heteroatoms. The zero-order valence-corrected chi connectivity index (χ0v) is 16.1. The molecule has 0 atom stereocenters. The number of nitrogens with one attached hydrogen (secondary N) is 2. The zero-order chi connectivity index (χ0) is 20.2. The molecular weight excluding hydrogens is 364 g/mol. The van der Waals surface area contributed by atoms with Crippen molar-refractivity contribution in [3.63, 3.8) is 0 Å². The average molecular weight is 386 g/mol. The molecule has 0 amide bonds. The molecule has 0 radical (unpaired) electrons. The summed E-state index contributed by atoms with van der Waals surface area (Å²) >= 11 is 0. The standard InChI is InChI=1S/C23H22N4O2/c1-29-22-10-6-5-9-16(22)14-25-18-13-20-19(12-17(18)24)27-23(28)21(26-20)11-15-7-3-2-4-8-15/h2-10,12-13,25H,11,14,24H2,1H3,(H,27,28). The fourth-order valence-electron chi connectivity index (χ4n) is 3.29. The van der Waals surface area contributed by atoms with Crippen molar-refractivity contribution in [2.24, 2.45) is 0 Å². The van der Waals surface area contributed by atoms with Crippen LogP contribution in [0.1, 0.15) is 16.8 Å². The molecule has 29 heavy (non-hydrogen) atoms. The monoisotopic (exact) mass is 386 g/mol. The molecule has 1 heterocycles. The minimum atomic E-state index is -0.199. The lowest BCUT2D eigenvalue weighted by atomic mass is 10.1. The lowest BCUT2D eigenvalue weighted by Crippen LogP contribution is -2.16. The van der Waals surface area contributed by atoms with Gasteiger partial charge in [0.2, 0.25) is 0 Å². The minimum absolute atomic E-state index is 0.199. The quantitative estimate of drug-likeness (QED) is 0.439. The molecule has 0 aliphatic carbocycles. The van der Waals surface area contributed by atoms with Crippen LogP contribution in [0.4, 0.5) is 11.4 Å². The van der Waals surface area contributed by atoms with E-state index < -0.39 is 0 Å². The van der Waals surface area contributed by atoms with Gasteiger partial charge >= 0.3 is 0 Å². The predicted octanol–water partition coefficient (Wildman–Crippen LogP) is 3.72. The summed E-state index contributed by atoms with van der Waals surface area (Å²) in [5.74, 6) is 0.812. The van der Waals surface area contributed by atoms with Gasteiger partial charge in [0.25, 0.3) is 5.56 Å². The van der Waals surface area contributed by atoms with Crippen LogP contribution in [0.2, 0.25) is 0 Å². The van der Waals surface area contributed by atoms with Crippen LogP contribution in [-0.2, 0) is 13.0 Å². The summed E-state index contributed by atoms with van der Waals surface area (Å²) < 4.78 is 5.40. The topological polar surface area (TPSA) is 93.0 Å². The molecule has 0 spiro atoms. The Labute approximate surface area is 168 Å². The maximum absolute atomic E-state index is 12.4. The molecule has 0 bridgehead atoms. The number of anilines is 2. The van der Waals surface area contributed by atoms with E-state index in [0.29, 0.717) is 35.4 Å². The lowest BCUT2D eigenvalue weighted by molar-refractivity contribution is 0.410. The molecule has 4 rings (SSSR count). The molecule has 0 saturated heterocycles. The normalized spacial score (nSPS) is 10.8.